The van der Waals surface area contributed by atoms with Crippen LogP contribution in [0.4, 0.5) is 5.69 Å². The first kappa shape index (κ1) is 14.5. The van der Waals surface area contributed by atoms with Crippen molar-refractivity contribution in [1.82, 2.24) is 10.2 Å². The van der Waals surface area contributed by atoms with Crippen molar-refractivity contribution in [3.8, 4) is 6.07 Å². The van der Waals surface area contributed by atoms with Gasteiger partial charge in [0.1, 0.15) is 0 Å². The summed E-state index contributed by atoms with van der Waals surface area (Å²) in [5.74, 6) is -0.00212. The highest BCUT2D eigenvalue weighted by atomic mass is 16.2. The average molecular weight is 272 g/mol. The molecule has 2 N–H and O–H groups in total. The van der Waals surface area contributed by atoms with Crippen molar-refractivity contribution in [2.75, 3.05) is 32.0 Å². The number of likely N-dealkylation sites (tertiary alicyclic amines) is 1. The second-order valence-electron chi connectivity index (χ2n) is 5.06. The fraction of sp³-hybridized carbons (Fsp3) is 0.467. The van der Waals surface area contributed by atoms with Crippen LogP contribution in [0.15, 0.2) is 24.3 Å². The van der Waals surface area contributed by atoms with Gasteiger partial charge in [-0.2, -0.15) is 5.26 Å². The number of anilines is 1. The van der Waals surface area contributed by atoms with E-state index in [1.54, 1.807) is 24.3 Å². The topological polar surface area (TPSA) is 68.2 Å². The Morgan fingerprint density at radius 3 is 2.85 bits per heavy atom. The van der Waals surface area contributed by atoms with Crippen LogP contribution in [0.2, 0.25) is 0 Å². The zero-order valence-corrected chi connectivity index (χ0v) is 11.7. The predicted molar refractivity (Wildman–Crippen MR) is 78.3 cm³/mol. The van der Waals surface area contributed by atoms with Crippen LogP contribution in [0.1, 0.15) is 18.4 Å². The van der Waals surface area contributed by atoms with E-state index in [0.29, 0.717) is 18.2 Å². The molecule has 1 heterocycles. The minimum Gasteiger partial charge on any atom is -0.325 e. The molecule has 20 heavy (non-hydrogen) atoms. The van der Waals surface area contributed by atoms with Gasteiger partial charge in [-0.15, -0.1) is 0 Å². The number of hydrogen-bond acceptors (Lipinski definition) is 4. The van der Waals surface area contributed by atoms with Crippen LogP contribution in [0, 0.1) is 11.3 Å². The summed E-state index contributed by atoms with van der Waals surface area (Å²) in [5, 5.41) is 14.8. The van der Waals surface area contributed by atoms with Gasteiger partial charge in [-0.3, -0.25) is 9.69 Å². The van der Waals surface area contributed by atoms with Crippen LogP contribution >= 0.6 is 0 Å². The van der Waals surface area contributed by atoms with Gasteiger partial charge < -0.3 is 10.6 Å². The Bertz CT molecular complexity index is 492. The first-order chi connectivity index (χ1) is 9.72. The van der Waals surface area contributed by atoms with Crippen LogP contribution in [0.5, 0.6) is 0 Å². The second-order valence-corrected chi connectivity index (χ2v) is 5.06. The van der Waals surface area contributed by atoms with Gasteiger partial charge in [0.2, 0.25) is 5.91 Å². The van der Waals surface area contributed by atoms with Crippen molar-refractivity contribution in [2.24, 2.45) is 0 Å². The van der Waals surface area contributed by atoms with Crippen LogP contribution in [0.25, 0.3) is 0 Å². The lowest BCUT2D eigenvalue weighted by Crippen LogP contribution is -2.41. The van der Waals surface area contributed by atoms with Gasteiger partial charge in [0, 0.05) is 18.3 Å². The normalized spacial score (nSPS) is 18.7. The van der Waals surface area contributed by atoms with E-state index in [1.165, 1.54) is 0 Å². The smallest absolute Gasteiger partial charge is 0.238 e. The number of rotatable bonds is 5. The van der Waals surface area contributed by atoms with E-state index < -0.39 is 0 Å². The van der Waals surface area contributed by atoms with Gasteiger partial charge in [-0.05, 0) is 50.7 Å². The highest BCUT2D eigenvalue weighted by Crippen LogP contribution is 2.16. The van der Waals surface area contributed by atoms with Crippen molar-refractivity contribution in [3.63, 3.8) is 0 Å². The molecule has 1 aromatic rings. The third-order valence-electron chi connectivity index (χ3n) is 3.58. The van der Waals surface area contributed by atoms with Gasteiger partial charge in [0.25, 0.3) is 0 Å². The summed E-state index contributed by atoms with van der Waals surface area (Å²) in [7, 11) is 1.94. The van der Waals surface area contributed by atoms with E-state index in [9.17, 15) is 4.79 Å². The van der Waals surface area contributed by atoms with Crippen LogP contribution in [-0.2, 0) is 4.79 Å². The first-order valence-corrected chi connectivity index (χ1v) is 6.91. The molecule has 5 nitrogen and oxygen atoms in total. The number of benzene rings is 1. The maximum absolute atomic E-state index is 12.0. The Labute approximate surface area is 119 Å². The summed E-state index contributed by atoms with van der Waals surface area (Å²) in [6.07, 6.45) is 2.29. The Kier molecular flexibility index (Phi) is 5.10. The molecule has 0 radical (unpaired) electrons. The summed E-state index contributed by atoms with van der Waals surface area (Å²) in [4.78, 5) is 14.3. The largest absolute Gasteiger partial charge is 0.325 e. The molecule has 0 aromatic heterocycles. The van der Waals surface area contributed by atoms with E-state index >= 15 is 0 Å². The lowest BCUT2D eigenvalue weighted by atomic mass is 10.2. The fourth-order valence-electron chi connectivity index (χ4n) is 2.58. The number of hydrogen-bond donors (Lipinski definition) is 2. The highest BCUT2D eigenvalue weighted by molar-refractivity contribution is 5.92. The minimum atomic E-state index is -0.00212. The molecular weight excluding hydrogens is 252 g/mol. The molecular formula is C15H20N4O. The molecule has 1 fully saturated rings. The number of nitriles is 1. The molecule has 1 atom stereocenters. The number of nitrogens with one attached hydrogen (secondary N) is 2. The Hall–Kier alpha value is -1.90. The van der Waals surface area contributed by atoms with Crippen molar-refractivity contribution in [1.29, 1.82) is 5.26 Å². The Morgan fingerprint density at radius 2 is 2.20 bits per heavy atom. The monoisotopic (exact) mass is 272 g/mol. The van der Waals surface area contributed by atoms with Gasteiger partial charge in [0.15, 0.2) is 0 Å². The highest BCUT2D eigenvalue weighted by Gasteiger charge is 2.25. The van der Waals surface area contributed by atoms with Crippen LogP contribution < -0.4 is 10.6 Å². The molecule has 1 aliphatic heterocycles. The van der Waals surface area contributed by atoms with Gasteiger partial charge in [0.05, 0.1) is 18.2 Å². The van der Waals surface area contributed by atoms with Crippen LogP contribution in [-0.4, -0.2) is 43.5 Å². The molecule has 1 amide bonds. The molecule has 1 saturated heterocycles. The van der Waals surface area contributed by atoms with Crippen molar-refractivity contribution in [3.05, 3.63) is 29.8 Å². The van der Waals surface area contributed by atoms with Crippen molar-refractivity contribution < 1.29 is 4.79 Å². The number of amides is 1. The van der Waals surface area contributed by atoms with E-state index in [-0.39, 0.29) is 5.91 Å². The second kappa shape index (κ2) is 7.04. The molecule has 0 spiro atoms. The number of carbonyl (C=O) groups is 1. The maximum atomic E-state index is 12.0. The number of carbonyl (C=O) groups excluding carboxylic acids is 1. The first-order valence-electron chi connectivity index (χ1n) is 6.91. The third-order valence-corrected chi connectivity index (χ3v) is 3.58. The van der Waals surface area contributed by atoms with Crippen molar-refractivity contribution >= 4 is 11.6 Å². The maximum Gasteiger partial charge on any atom is 0.238 e. The molecule has 1 aliphatic rings. The summed E-state index contributed by atoms with van der Waals surface area (Å²) < 4.78 is 0. The average Bonchev–Trinajstić information content (AvgIpc) is 2.87. The lowest BCUT2D eigenvalue weighted by Gasteiger charge is -2.23. The Balaban J connectivity index is 1.87. The number of nitrogens with zero attached hydrogens (tertiary/aromatic N) is 2. The quantitative estimate of drug-likeness (QED) is 0.844. The summed E-state index contributed by atoms with van der Waals surface area (Å²) in [6.45, 7) is 2.32. The third kappa shape index (κ3) is 3.80. The molecule has 0 aliphatic carbocycles. The van der Waals surface area contributed by atoms with E-state index in [4.69, 9.17) is 5.26 Å². The fourth-order valence-corrected chi connectivity index (χ4v) is 2.58. The lowest BCUT2D eigenvalue weighted by molar-refractivity contribution is -0.117. The minimum absolute atomic E-state index is 0.00212. The molecule has 1 unspecified atom stereocenters. The van der Waals surface area contributed by atoms with E-state index in [1.807, 2.05) is 7.05 Å². The van der Waals surface area contributed by atoms with Crippen LogP contribution in [0.3, 0.4) is 0 Å². The molecule has 1 aromatic carbocycles. The zero-order valence-electron chi connectivity index (χ0n) is 11.7. The standard InChI is InChI=1S/C15H20N4O/c1-17-10-14-3-2-8-19(14)11-15(20)18-13-6-4-12(9-16)5-7-13/h4-7,14,17H,2-3,8,10-11H2,1H3,(H,18,20). The van der Waals surface area contributed by atoms with Gasteiger partial charge in [-0.25, -0.2) is 0 Å². The predicted octanol–water partition coefficient (Wildman–Crippen LogP) is 1.18. The molecule has 106 valence electrons. The molecule has 2 rings (SSSR count). The Morgan fingerprint density at radius 1 is 1.45 bits per heavy atom. The summed E-state index contributed by atoms with van der Waals surface area (Å²) >= 11 is 0. The van der Waals surface area contributed by atoms with Crippen molar-refractivity contribution in [2.45, 2.75) is 18.9 Å². The molecule has 0 bridgehead atoms. The zero-order chi connectivity index (χ0) is 14.4. The molecule has 5 heteroatoms. The summed E-state index contributed by atoms with van der Waals surface area (Å²) in [5.41, 5.74) is 1.33. The SMILES string of the molecule is CNCC1CCCN1CC(=O)Nc1ccc(C#N)cc1. The van der Waals surface area contributed by atoms with E-state index in [2.05, 4.69) is 21.6 Å². The summed E-state index contributed by atoms with van der Waals surface area (Å²) in [6, 6.07) is 9.43. The van der Waals surface area contributed by atoms with Gasteiger partial charge in [-0.1, -0.05) is 0 Å². The molecule has 0 saturated carbocycles. The van der Waals surface area contributed by atoms with Gasteiger partial charge >= 0.3 is 0 Å². The number of likely N-dealkylation sites (N-methyl/N-ethyl adjacent to an activating group) is 1. The van der Waals surface area contributed by atoms with E-state index in [0.717, 1.165) is 31.6 Å².